The first kappa shape index (κ1) is 13.2. The van der Waals surface area contributed by atoms with Crippen LogP contribution in [0.1, 0.15) is 23.8 Å². The van der Waals surface area contributed by atoms with E-state index in [-0.39, 0.29) is 5.69 Å². The molecule has 0 aliphatic carbocycles. The molecule has 8 nitrogen and oxygen atoms in total. The zero-order valence-corrected chi connectivity index (χ0v) is 10.7. The molecular weight excluding hydrogens is 250 g/mol. The molecule has 102 valence electrons. The van der Waals surface area contributed by atoms with E-state index in [2.05, 4.69) is 15.3 Å². The SMILES string of the molecule is CC(O)CCn1nnc(C(=O)O)c1-c1cncn1C. The normalized spacial score (nSPS) is 12.6. The van der Waals surface area contributed by atoms with Crippen LogP contribution in [-0.2, 0) is 13.6 Å². The van der Waals surface area contributed by atoms with Crippen molar-refractivity contribution in [2.45, 2.75) is 26.0 Å². The van der Waals surface area contributed by atoms with Crippen LogP contribution in [0.15, 0.2) is 12.5 Å². The molecule has 0 spiro atoms. The summed E-state index contributed by atoms with van der Waals surface area (Å²) in [7, 11) is 1.76. The van der Waals surface area contributed by atoms with Crippen molar-refractivity contribution in [2.75, 3.05) is 0 Å². The highest BCUT2D eigenvalue weighted by Crippen LogP contribution is 2.21. The lowest BCUT2D eigenvalue weighted by Gasteiger charge is -2.08. The molecule has 0 aliphatic rings. The number of carboxylic acids is 1. The molecule has 1 unspecified atom stereocenters. The van der Waals surface area contributed by atoms with Crippen LogP contribution in [0.2, 0.25) is 0 Å². The molecule has 2 rings (SSSR count). The third-order valence-electron chi connectivity index (χ3n) is 2.76. The number of aliphatic hydroxyl groups is 1. The van der Waals surface area contributed by atoms with Crippen LogP contribution in [0.5, 0.6) is 0 Å². The molecule has 0 radical (unpaired) electrons. The van der Waals surface area contributed by atoms with Crippen molar-refractivity contribution in [3.8, 4) is 11.4 Å². The molecule has 19 heavy (non-hydrogen) atoms. The first-order valence-corrected chi connectivity index (χ1v) is 5.82. The molecule has 2 aromatic rings. The first-order valence-electron chi connectivity index (χ1n) is 5.82. The number of aryl methyl sites for hydroxylation is 2. The Hall–Kier alpha value is -2.22. The maximum Gasteiger partial charge on any atom is 0.358 e. The largest absolute Gasteiger partial charge is 0.476 e. The van der Waals surface area contributed by atoms with E-state index in [9.17, 15) is 9.90 Å². The molecule has 0 saturated heterocycles. The number of hydrogen-bond donors (Lipinski definition) is 2. The molecular formula is C11H15N5O3. The van der Waals surface area contributed by atoms with E-state index in [0.29, 0.717) is 24.4 Å². The lowest BCUT2D eigenvalue weighted by Crippen LogP contribution is -2.11. The summed E-state index contributed by atoms with van der Waals surface area (Å²) in [6.07, 6.45) is 3.11. The summed E-state index contributed by atoms with van der Waals surface area (Å²) in [4.78, 5) is 15.2. The quantitative estimate of drug-likeness (QED) is 0.797. The van der Waals surface area contributed by atoms with Gasteiger partial charge in [-0.2, -0.15) is 0 Å². The number of carbonyl (C=O) groups is 1. The van der Waals surface area contributed by atoms with E-state index in [0.717, 1.165) is 0 Å². The molecule has 0 bridgehead atoms. The second kappa shape index (κ2) is 5.19. The molecule has 8 heteroatoms. The Kier molecular flexibility index (Phi) is 3.61. The van der Waals surface area contributed by atoms with Gasteiger partial charge in [-0.25, -0.2) is 14.5 Å². The molecule has 0 saturated carbocycles. The van der Waals surface area contributed by atoms with E-state index >= 15 is 0 Å². The minimum absolute atomic E-state index is 0.116. The average Bonchev–Trinajstić information content (AvgIpc) is 2.91. The number of rotatable bonds is 5. The fraction of sp³-hybridized carbons (Fsp3) is 0.455. The lowest BCUT2D eigenvalue weighted by molar-refractivity contribution is 0.0691. The van der Waals surface area contributed by atoms with Crippen molar-refractivity contribution in [3.63, 3.8) is 0 Å². The average molecular weight is 265 g/mol. The number of aliphatic hydroxyl groups excluding tert-OH is 1. The number of carboxylic acid groups (broad SMARTS) is 1. The van der Waals surface area contributed by atoms with Crippen molar-refractivity contribution >= 4 is 5.97 Å². The predicted octanol–water partition coefficient (Wildman–Crippen LogP) is 0.148. The van der Waals surface area contributed by atoms with Gasteiger partial charge in [0.1, 0.15) is 5.69 Å². The molecule has 2 heterocycles. The Morgan fingerprint density at radius 1 is 1.53 bits per heavy atom. The Labute approximate surface area is 109 Å². The Balaban J connectivity index is 2.45. The van der Waals surface area contributed by atoms with Crippen LogP contribution in [-0.4, -0.2) is 46.8 Å². The Morgan fingerprint density at radius 2 is 2.26 bits per heavy atom. The highest BCUT2D eigenvalue weighted by atomic mass is 16.4. The lowest BCUT2D eigenvalue weighted by atomic mass is 10.2. The predicted molar refractivity (Wildman–Crippen MR) is 65.5 cm³/mol. The van der Waals surface area contributed by atoms with Gasteiger partial charge in [0.15, 0.2) is 5.69 Å². The zero-order chi connectivity index (χ0) is 14.0. The number of aromatic nitrogens is 5. The van der Waals surface area contributed by atoms with Crippen LogP contribution in [0.25, 0.3) is 11.4 Å². The summed E-state index contributed by atoms with van der Waals surface area (Å²) in [5.41, 5.74) is 0.898. The summed E-state index contributed by atoms with van der Waals surface area (Å²) in [5, 5.41) is 26.0. The van der Waals surface area contributed by atoms with Gasteiger partial charge in [-0.05, 0) is 13.3 Å². The zero-order valence-electron chi connectivity index (χ0n) is 10.7. The molecule has 0 aliphatic heterocycles. The van der Waals surface area contributed by atoms with Crippen LogP contribution >= 0.6 is 0 Å². The van der Waals surface area contributed by atoms with Crippen molar-refractivity contribution in [1.82, 2.24) is 24.5 Å². The second-order valence-electron chi connectivity index (χ2n) is 4.34. The van der Waals surface area contributed by atoms with Gasteiger partial charge in [0.05, 0.1) is 24.3 Å². The molecule has 0 amide bonds. The summed E-state index contributed by atoms with van der Waals surface area (Å²) >= 11 is 0. The second-order valence-corrected chi connectivity index (χ2v) is 4.34. The molecule has 2 aromatic heterocycles. The number of aromatic carboxylic acids is 1. The summed E-state index contributed by atoms with van der Waals surface area (Å²) in [6.45, 7) is 2.05. The van der Waals surface area contributed by atoms with Gasteiger partial charge >= 0.3 is 5.97 Å². The van der Waals surface area contributed by atoms with E-state index in [4.69, 9.17) is 5.11 Å². The molecule has 1 atom stereocenters. The fourth-order valence-corrected chi connectivity index (χ4v) is 1.76. The van der Waals surface area contributed by atoms with E-state index < -0.39 is 12.1 Å². The summed E-state index contributed by atoms with van der Waals surface area (Å²) < 4.78 is 3.18. The first-order chi connectivity index (χ1) is 9.00. The third kappa shape index (κ3) is 2.63. The topological polar surface area (TPSA) is 106 Å². The smallest absolute Gasteiger partial charge is 0.358 e. The van der Waals surface area contributed by atoms with Gasteiger partial charge in [0.2, 0.25) is 0 Å². The van der Waals surface area contributed by atoms with Crippen LogP contribution in [0.4, 0.5) is 0 Å². The van der Waals surface area contributed by atoms with Crippen LogP contribution in [0.3, 0.4) is 0 Å². The minimum atomic E-state index is -1.14. The number of hydrogen-bond acceptors (Lipinski definition) is 5. The minimum Gasteiger partial charge on any atom is -0.476 e. The van der Waals surface area contributed by atoms with Gasteiger partial charge in [0, 0.05) is 13.6 Å². The van der Waals surface area contributed by atoms with Gasteiger partial charge in [-0.1, -0.05) is 5.21 Å². The number of nitrogens with zero attached hydrogens (tertiary/aromatic N) is 5. The standard InChI is InChI=1S/C11H15N5O3/c1-7(17)3-4-16-10(8-5-12-6-15(8)2)9(11(18)19)13-14-16/h5-7,17H,3-4H2,1-2H3,(H,18,19). The van der Waals surface area contributed by atoms with Crippen molar-refractivity contribution in [3.05, 3.63) is 18.2 Å². The molecule has 0 aromatic carbocycles. The Morgan fingerprint density at radius 3 is 2.79 bits per heavy atom. The highest BCUT2D eigenvalue weighted by molar-refractivity contribution is 5.92. The van der Waals surface area contributed by atoms with Gasteiger partial charge in [0.25, 0.3) is 0 Å². The maximum atomic E-state index is 11.2. The molecule has 2 N–H and O–H groups in total. The van der Waals surface area contributed by atoms with E-state index in [1.165, 1.54) is 4.68 Å². The van der Waals surface area contributed by atoms with Crippen molar-refractivity contribution in [1.29, 1.82) is 0 Å². The summed E-state index contributed by atoms with van der Waals surface area (Å²) in [5.74, 6) is -1.14. The molecule has 0 fully saturated rings. The monoisotopic (exact) mass is 265 g/mol. The van der Waals surface area contributed by atoms with Crippen LogP contribution in [0, 0.1) is 0 Å². The highest BCUT2D eigenvalue weighted by Gasteiger charge is 2.22. The van der Waals surface area contributed by atoms with Crippen molar-refractivity contribution < 1.29 is 15.0 Å². The third-order valence-corrected chi connectivity index (χ3v) is 2.76. The van der Waals surface area contributed by atoms with Crippen LogP contribution < -0.4 is 0 Å². The Bertz CT molecular complexity index is 587. The van der Waals surface area contributed by atoms with Crippen molar-refractivity contribution in [2.24, 2.45) is 7.05 Å². The fourth-order valence-electron chi connectivity index (χ4n) is 1.76. The maximum absolute atomic E-state index is 11.2. The van der Waals surface area contributed by atoms with E-state index in [1.807, 2.05) is 0 Å². The van der Waals surface area contributed by atoms with Gasteiger partial charge in [-0.15, -0.1) is 5.10 Å². The van der Waals surface area contributed by atoms with E-state index in [1.54, 1.807) is 31.1 Å². The van der Waals surface area contributed by atoms with Gasteiger partial charge in [-0.3, -0.25) is 0 Å². The number of imidazole rings is 1. The van der Waals surface area contributed by atoms with Gasteiger partial charge < -0.3 is 14.8 Å². The summed E-state index contributed by atoms with van der Waals surface area (Å²) in [6, 6.07) is 0.